The van der Waals surface area contributed by atoms with Crippen LogP contribution in [-0.2, 0) is 4.79 Å². The number of aromatic amines is 1. The van der Waals surface area contributed by atoms with Gasteiger partial charge in [0.2, 0.25) is 5.91 Å². The molecule has 26 heavy (non-hydrogen) atoms. The van der Waals surface area contributed by atoms with Crippen LogP contribution in [0.15, 0.2) is 52.7 Å². The zero-order valence-electron chi connectivity index (χ0n) is 14.2. The number of para-hydroxylation sites is 2. The number of aromatic nitrogens is 4. The van der Waals surface area contributed by atoms with Gasteiger partial charge in [0.05, 0.1) is 16.8 Å². The van der Waals surface area contributed by atoms with Gasteiger partial charge in [-0.2, -0.15) is 0 Å². The summed E-state index contributed by atoms with van der Waals surface area (Å²) < 4.78 is 1.84. The molecule has 1 saturated heterocycles. The SMILES string of the molecule is O=C(CSc1ncccn1)N1CCC(n2c(=O)[nH]c3ccccc32)CC1. The second-order valence-corrected chi connectivity index (χ2v) is 7.19. The first-order valence-corrected chi connectivity index (χ1v) is 9.58. The monoisotopic (exact) mass is 369 g/mol. The van der Waals surface area contributed by atoms with Crippen LogP contribution in [0.25, 0.3) is 11.0 Å². The first-order valence-electron chi connectivity index (χ1n) is 8.59. The molecule has 0 radical (unpaired) electrons. The zero-order chi connectivity index (χ0) is 17.9. The lowest BCUT2D eigenvalue weighted by atomic mass is 10.0. The van der Waals surface area contributed by atoms with Gasteiger partial charge in [-0.25, -0.2) is 14.8 Å². The van der Waals surface area contributed by atoms with Crippen molar-refractivity contribution in [3.8, 4) is 0 Å². The molecule has 0 atom stereocenters. The highest BCUT2D eigenvalue weighted by Gasteiger charge is 2.26. The zero-order valence-corrected chi connectivity index (χ0v) is 15.0. The van der Waals surface area contributed by atoms with Gasteiger partial charge in [-0.3, -0.25) is 9.36 Å². The second kappa shape index (κ2) is 7.33. The number of hydrogen-bond donors (Lipinski definition) is 1. The third-order valence-electron chi connectivity index (χ3n) is 4.67. The predicted octanol–water partition coefficient (Wildman–Crippen LogP) is 2.08. The van der Waals surface area contributed by atoms with Crippen molar-refractivity contribution in [2.24, 2.45) is 0 Å². The van der Waals surface area contributed by atoms with Gasteiger partial charge in [-0.15, -0.1) is 0 Å². The van der Waals surface area contributed by atoms with E-state index >= 15 is 0 Å². The van der Waals surface area contributed by atoms with Gasteiger partial charge < -0.3 is 9.88 Å². The number of carbonyl (C=O) groups is 1. The molecule has 4 rings (SSSR count). The number of nitrogens with one attached hydrogen (secondary N) is 1. The molecule has 0 aliphatic carbocycles. The number of H-pyrrole nitrogens is 1. The van der Waals surface area contributed by atoms with E-state index in [1.807, 2.05) is 33.7 Å². The number of benzene rings is 1. The maximum atomic E-state index is 12.4. The molecule has 1 aromatic carbocycles. The van der Waals surface area contributed by atoms with Crippen molar-refractivity contribution in [1.82, 2.24) is 24.4 Å². The fourth-order valence-electron chi connectivity index (χ4n) is 3.39. The minimum absolute atomic E-state index is 0.0761. The number of fused-ring (bicyclic) bond motifs is 1. The largest absolute Gasteiger partial charge is 0.342 e. The van der Waals surface area contributed by atoms with E-state index < -0.39 is 0 Å². The minimum atomic E-state index is -0.0761. The van der Waals surface area contributed by atoms with E-state index in [2.05, 4.69) is 15.0 Å². The molecule has 3 heterocycles. The quantitative estimate of drug-likeness (QED) is 0.562. The molecule has 1 fully saturated rings. The van der Waals surface area contributed by atoms with Crippen LogP contribution in [0.1, 0.15) is 18.9 Å². The Morgan fingerprint density at radius 1 is 1.15 bits per heavy atom. The first kappa shape index (κ1) is 16.8. The normalized spacial score (nSPS) is 15.5. The van der Waals surface area contributed by atoms with Crippen LogP contribution in [0.3, 0.4) is 0 Å². The highest BCUT2D eigenvalue weighted by atomic mass is 32.2. The van der Waals surface area contributed by atoms with E-state index in [1.165, 1.54) is 11.8 Å². The van der Waals surface area contributed by atoms with Crippen molar-refractivity contribution in [2.45, 2.75) is 24.0 Å². The molecule has 1 aliphatic rings. The average molecular weight is 369 g/mol. The highest BCUT2D eigenvalue weighted by Crippen LogP contribution is 2.25. The topological polar surface area (TPSA) is 83.9 Å². The van der Waals surface area contributed by atoms with Gasteiger partial charge in [0.15, 0.2) is 5.16 Å². The van der Waals surface area contributed by atoms with Gasteiger partial charge >= 0.3 is 5.69 Å². The van der Waals surface area contributed by atoms with Crippen molar-refractivity contribution in [3.63, 3.8) is 0 Å². The summed E-state index contributed by atoms with van der Waals surface area (Å²) in [5.41, 5.74) is 1.71. The lowest BCUT2D eigenvalue weighted by Gasteiger charge is -2.32. The molecule has 1 aliphatic heterocycles. The Kier molecular flexibility index (Phi) is 4.75. The number of carbonyl (C=O) groups excluding carboxylic acids is 1. The molecule has 0 unspecified atom stereocenters. The predicted molar refractivity (Wildman–Crippen MR) is 100 cm³/mol. The molecule has 3 aromatic rings. The number of likely N-dealkylation sites (tertiary alicyclic amines) is 1. The fourth-order valence-corrected chi connectivity index (χ4v) is 4.09. The van der Waals surface area contributed by atoms with Crippen LogP contribution in [0.5, 0.6) is 0 Å². The van der Waals surface area contributed by atoms with Crippen molar-refractivity contribution in [3.05, 3.63) is 53.2 Å². The Hall–Kier alpha value is -2.61. The number of amides is 1. The van der Waals surface area contributed by atoms with Gasteiger partial charge in [0, 0.05) is 31.5 Å². The number of imidazole rings is 1. The Morgan fingerprint density at radius 2 is 1.88 bits per heavy atom. The van der Waals surface area contributed by atoms with Gasteiger partial charge in [0.25, 0.3) is 0 Å². The Bertz CT molecular complexity index is 960. The van der Waals surface area contributed by atoms with Crippen LogP contribution >= 0.6 is 11.8 Å². The van der Waals surface area contributed by atoms with Gasteiger partial charge in [-0.05, 0) is 31.0 Å². The summed E-state index contributed by atoms with van der Waals surface area (Å²) in [6.45, 7) is 1.32. The van der Waals surface area contributed by atoms with Crippen LogP contribution < -0.4 is 5.69 Å². The molecule has 1 N–H and O–H groups in total. The van der Waals surface area contributed by atoms with Crippen molar-refractivity contribution in [2.75, 3.05) is 18.8 Å². The first-order chi connectivity index (χ1) is 12.7. The summed E-state index contributed by atoms with van der Waals surface area (Å²) in [6, 6.07) is 9.60. The molecule has 0 bridgehead atoms. The summed E-state index contributed by atoms with van der Waals surface area (Å²) >= 11 is 1.35. The van der Waals surface area contributed by atoms with E-state index in [0.29, 0.717) is 24.0 Å². The maximum absolute atomic E-state index is 12.4. The van der Waals surface area contributed by atoms with E-state index in [-0.39, 0.29) is 17.6 Å². The fraction of sp³-hybridized carbons (Fsp3) is 0.333. The van der Waals surface area contributed by atoms with Crippen LogP contribution in [0.2, 0.25) is 0 Å². The number of rotatable bonds is 4. The minimum Gasteiger partial charge on any atom is -0.342 e. The number of thioether (sulfide) groups is 1. The number of nitrogens with zero attached hydrogens (tertiary/aromatic N) is 4. The summed E-state index contributed by atoms with van der Waals surface area (Å²) in [6.07, 6.45) is 4.90. The Balaban J connectivity index is 1.38. The van der Waals surface area contributed by atoms with Crippen molar-refractivity contribution in [1.29, 1.82) is 0 Å². The van der Waals surface area contributed by atoms with Crippen LogP contribution in [0, 0.1) is 0 Å². The molecule has 8 heteroatoms. The smallest absolute Gasteiger partial charge is 0.326 e. The molecule has 7 nitrogen and oxygen atoms in total. The summed E-state index contributed by atoms with van der Waals surface area (Å²) in [4.78, 5) is 37.8. The standard InChI is InChI=1S/C18H19N5O2S/c24-16(12-26-17-19-8-3-9-20-17)22-10-6-13(7-11-22)23-15-5-2-1-4-14(15)21-18(23)25/h1-5,8-9,13H,6-7,10-12H2,(H,21,25). The second-order valence-electron chi connectivity index (χ2n) is 6.25. The highest BCUT2D eigenvalue weighted by molar-refractivity contribution is 7.99. The average Bonchev–Trinajstić information content (AvgIpc) is 3.03. The number of hydrogen-bond acceptors (Lipinski definition) is 5. The van der Waals surface area contributed by atoms with E-state index in [0.717, 1.165) is 23.9 Å². The molecule has 1 amide bonds. The Morgan fingerprint density at radius 3 is 2.65 bits per heavy atom. The van der Waals surface area contributed by atoms with Gasteiger partial charge in [0.1, 0.15) is 0 Å². The molecular formula is C18H19N5O2S. The molecule has 0 saturated carbocycles. The van der Waals surface area contributed by atoms with E-state index in [9.17, 15) is 9.59 Å². The van der Waals surface area contributed by atoms with E-state index in [4.69, 9.17) is 0 Å². The lowest BCUT2D eigenvalue weighted by Crippen LogP contribution is -2.41. The van der Waals surface area contributed by atoms with E-state index in [1.54, 1.807) is 18.5 Å². The number of piperidine rings is 1. The summed E-state index contributed by atoms with van der Waals surface area (Å²) in [5, 5.41) is 0.612. The van der Waals surface area contributed by atoms with Crippen LogP contribution in [0.4, 0.5) is 0 Å². The van der Waals surface area contributed by atoms with Crippen molar-refractivity contribution >= 4 is 28.7 Å². The van der Waals surface area contributed by atoms with Crippen LogP contribution in [-0.4, -0.2) is 49.2 Å². The molecule has 2 aromatic heterocycles. The summed E-state index contributed by atoms with van der Waals surface area (Å²) in [5.74, 6) is 0.425. The molecule has 134 valence electrons. The Labute approximate surface area is 154 Å². The summed E-state index contributed by atoms with van der Waals surface area (Å²) in [7, 11) is 0. The lowest BCUT2D eigenvalue weighted by molar-refractivity contribution is -0.129. The maximum Gasteiger partial charge on any atom is 0.326 e. The third kappa shape index (κ3) is 3.37. The molecular weight excluding hydrogens is 350 g/mol. The van der Waals surface area contributed by atoms with Gasteiger partial charge in [-0.1, -0.05) is 23.9 Å². The third-order valence-corrected chi connectivity index (χ3v) is 5.53. The van der Waals surface area contributed by atoms with Crippen molar-refractivity contribution < 1.29 is 4.79 Å². The molecule has 0 spiro atoms.